The number of likely N-dealkylation sites (tertiary alicyclic amines) is 1. The number of carbonyl (C=O) groups excluding carboxylic acids is 1. The molecule has 1 aliphatic rings. The molecule has 0 spiro atoms. The van der Waals surface area contributed by atoms with Gasteiger partial charge in [-0.3, -0.25) is 14.9 Å². The standard InChI is InChI=1S/C18H22F3N5O/c19-18(20,21)15-7-6-13(12-22-15)14-11-16(25-24-14)23-17(27)5-4-10-26-8-2-1-3-9-26/h6-7,11-12H,1-5,8-10H2,(H2,23,24,25,27). The lowest BCUT2D eigenvalue weighted by molar-refractivity contribution is -0.141. The number of halogens is 3. The summed E-state index contributed by atoms with van der Waals surface area (Å²) < 4.78 is 37.7. The maximum Gasteiger partial charge on any atom is 0.433 e. The highest BCUT2D eigenvalue weighted by atomic mass is 19.4. The summed E-state index contributed by atoms with van der Waals surface area (Å²) in [5.41, 5.74) is -0.00562. The van der Waals surface area contributed by atoms with E-state index >= 15 is 0 Å². The van der Waals surface area contributed by atoms with Gasteiger partial charge in [0.1, 0.15) is 5.69 Å². The summed E-state index contributed by atoms with van der Waals surface area (Å²) >= 11 is 0. The molecule has 2 aromatic rings. The second-order valence-corrected chi connectivity index (χ2v) is 6.65. The van der Waals surface area contributed by atoms with E-state index in [0.717, 1.165) is 38.3 Å². The van der Waals surface area contributed by atoms with Crippen molar-refractivity contribution in [3.05, 3.63) is 30.1 Å². The van der Waals surface area contributed by atoms with Crippen LogP contribution in [0.3, 0.4) is 0 Å². The number of carbonyl (C=O) groups is 1. The van der Waals surface area contributed by atoms with Crippen molar-refractivity contribution in [1.82, 2.24) is 20.1 Å². The first-order valence-electron chi connectivity index (χ1n) is 9.03. The molecule has 3 heterocycles. The van der Waals surface area contributed by atoms with Gasteiger partial charge in [0, 0.05) is 24.2 Å². The average Bonchev–Trinajstić information content (AvgIpc) is 3.10. The molecule has 9 heteroatoms. The van der Waals surface area contributed by atoms with E-state index in [9.17, 15) is 18.0 Å². The zero-order chi connectivity index (χ0) is 19.3. The van der Waals surface area contributed by atoms with Crippen molar-refractivity contribution >= 4 is 11.7 Å². The lowest BCUT2D eigenvalue weighted by atomic mass is 10.1. The Hall–Kier alpha value is -2.42. The summed E-state index contributed by atoms with van der Waals surface area (Å²) in [6, 6.07) is 3.80. The van der Waals surface area contributed by atoms with Gasteiger partial charge in [-0.2, -0.15) is 18.3 Å². The number of alkyl halides is 3. The van der Waals surface area contributed by atoms with Crippen LogP contribution in [0.1, 0.15) is 37.8 Å². The Bertz CT molecular complexity index is 751. The lowest BCUT2D eigenvalue weighted by Gasteiger charge is -2.26. The Morgan fingerprint density at radius 2 is 2.00 bits per heavy atom. The van der Waals surface area contributed by atoms with Crippen molar-refractivity contribution in [2.75, 3.05) is 25.0 Å². The molecule has 0 aliphatic carbocycles. The predicted molar refractivity (Wildman–Crippen MR) is 95.0 cm³/mol. The summed E-state index contributed by atoms with van der Waals surface area (Å²) in [7, 11) is 0. The summed E-state index contributed by atoms with van der Waals surface area (Å²) in [5, 5.41) is 9.39. The van der Waals surface area contributed by atoms with Crippen LogP contribution in [0.25, 0.3) is 11.3 Å². The molecule has 0 bridgehead atoms. The number of amides is 1. The van der Waals surface area contributed by atoms with E-state index in [1.165, 1.54) is 25.3 Å². The van der Waals surface area contributed by atoms with Crippen LogP contribution in [0, 0.1) is 0 Å². The van der Waals surface area contributed by atoms with Crippen LogP contribution >= 0.6 is 0 Å². The molecule has 0 radical (unpaired) electrons. The smallest absolute Gasteiger partial charge is 0.309 e. The molecule has 1 saturated heterocycles. The number of hydrogen-bond donors (Lipinski definition) is 2. The third-order valence-electron chi connectivity index (χ3n) is 4.54. The maximum atomic E-state index is 12.6. The highest BCUT2D eigenvalue weighted by Gasteiger charge is 2.32. The Morgan fingerprint density at radius 1 is 1.22 bits per heavy atom. The highest BCUT2D eigenvalue weighted by molar-refractivity contribution is 5.90. The van der Waals surface area contributed by atoms with E-state index in [4.69, 9.17) is 0 Å². The van der Waals surface area contributed by atoms with Crippen molar-refractivity contribution < 1.29 is 18.0 Å². The maximum absolute atomic E-state index is 12.6. The number of aromatic nitrogens is 3. The third kappa shape index (κ3) is 5.53. The molecule has 1 aliphatic heterocycles. The number of piperidine rings is 1. The molecule has 27 heavy (non-hydrogen) atoms. The fourth-order valence-electron chi connectivity index (χ4n) is 3.11. The van der Waals surface area contributed by atoms with Gasteiger partial charge in [-0.25, -0.2) is 0 Å². The zero-order valence-corrected chi connectivity index (χ0v) is 14.9. The summed E-state index contributed by atoms with van der Waals surface area (Å²) in [5.74, 6) is 0.212. The minimum Gasteiger partial charge on any atom is -0.309 e. The van der Waals surface area contributed by atoms with Gasteiger partial charge in [0.05, 0.1) is 5.69 Å². The van der Waals surface area contributed by atoms with Crippen LogP contribution in [0.15, 0.2) is 24.4 Å². The van der Waals surface area contributed by atoms with Gasteiger partial charge in [-0.1, -0.05) is 6.42 Å². The molecule has 2 aromatic heterocycles. The van der Waals surface area contributed by atoms with E-state index < -0.39 is 11.9 Å². The second kappa shape index (κ2) is 8.51. The van der Waals surface area contributed by atoms with Crippen LogP contribution in [0.2, 0.25) is 0 Å². The highest BCUT2D eigenvalue weighted by Crippen LogP contribution is 2.28. The van der Waals surface area contributed by atoms with Crippen molar-refractivity contribution in [2.45, 2.75) is 38.3 Å². The quantitative estimate of drug-likeness (QED) is 0.800. The van der Waals surface area contributed by atoms with Crippen molar-refractivity contribution in [2.24, 2.45) is 0 Å². The molecule has 1 amide bonds. The van der Waals surface area contributed by atoms with E-state index in [1.807, 2.05) is 0 Å². The predicted octanol–water partition coefficient (Wildman–Crippen LogP) is 3.70. The lowest BCUT2D eigenvalue weighted by Crippen LogP contribution is -2.31. The second-order valence-electron chi connectivity index (χ2n) is 6.65. The monoisotopic (exact) mass is 381 g/mol. The third-order valence-corrected chi connectivity index (χ3v) is 4.54. The number of aromatic amines is 1. The molecular formula is C18H22F3N5O. The Kier molecular flexibility index (Phi) is 6.10. The molecular weight excluding hydrogens is 359 g/mol. The molecule has 0 atom stereocenters. The number of rotatable bonds is 6. The van der Waals surface area contributed by atoms with Crippen molar-refractivity contribution in [3.63, 3.8) is 0 Å². The Labute approximate surface area is 155 Å². The van der Waals surface area contributed by atoms with Crippen LogP contribution in [-0.4, -0.2) is 45.6 Å². The van der Waals surface area contributed by atoms with Crippen LogP contribution < -0.4 is 5.32 Å². The van der Waals surface area contributed by atoms with E-state index in [2.05, 4.69) is 25.4 Å². The first-order chi connectivity index (χ1) is 12.9. The molecule has 1 fully saturated rings. The van der Waals surface area contributed by atoms with Crippen LogP contribution in [0.5, 0.6) is 0 Å². The fraction of sp³-hybridized carbons (Fsp3) is 0.500. The van der Waals surface area contributed by atoms with Gasteiger partial charge in [-0.05, 0) is 51.0 Å². The van der Waals surface area contributed by atoms with Crippen LogP contribution in [-0.2, 0) is 11.0 Å². The minimum atomic E-state index is -4.47. The van der Waals surface area contributed by atoms with E-state index in [-0.39, 0.29) is 5.91 Å². The van der Waals surface area contributed by atoms with E-state index in [0.29, 0.717) is 23.5 Å². The van der Waals surface area contributed by atoms with Gasteiger partial charge >= 0.3 is 6.18 Å². The zero-order valence-electron chi connectivity index (χ0n) is 14.9. The molecule has 0 saturated carbocycles. The topological polar surface area (TPSA) is 73.9 Å². The molecule has 2 N–H and O–H groups in total. The summed E-state index contributed by atoms with van der Waals surface area (Å²) in [4.78, 5) is 17.8. The number of pyridine rings is 1. The SMILES string of the molecule is O=C(CCCN1CCCCC1)Nc1cc(-c2ccc(C(F)(F)F)nc2)[nH]n1. The number of nitrogens with zero attached hydrogens (tertiary/aromatic N) is 3. The van der Waals surface area contributed by atoms with Crippen molar-refractivity contribution in [3.8, 4) is 11.3 Å². The van der Waals surface area contributed by atoms with Gasteiger partial charge < -0.3 is 10.2 Å². The van der Waals surface area contributed by atoms with Gasteiger partial charge in [0.2, 0.25) is 5.91 Å². The summed E-state index contributed by atoms with van der Waals surface area (Å²) in [6.45, 7) is 3.12. The number of H-pyrrole nitrogens is 1. The van der Waals surface area contributed by atoms with Gasteiger partial charge in [-0.15, -0.1) is 0 Å². The molecule has 3 rings (SSSR count). The normalized spacial score (nSPS) is 15.7. The summed E-state index contributed by atoms with van der Waals surface area (Å²) in [6.07, 6.45) is 1.57. The van der Waals surface area contributed by atoms with Gasteiger partial charge in [0.25, 0.3) is 0 Å². The largest absolute Gasteiger partial charge is 0.433 e. The first-order valence-corrected chi connectivity index (χ1v) is 9.03. The number of hydrogen-bond acceptors (Lipinski definition) is 4. The first kappa shape index (κ1) is 19.3. The number of nitrogens with one attached hydrogen (secondary N) is 2. The average molecular weight is 381 g/mol. The van der Waals surface area contributed by atoms with E-state index in [1.54, 1.807) is 6.07 Å². The number of anilines is 1. The fourth-order valence-corrected chi connectivity index (χ4v) is 3.11. The van der Waals surface area contributed by atoms with Crippen LogP contribution in [0.4, 0.5) is 19.0 Å². The van der Waals surface area contributed by atoms with Crippen molar-refractivity contribution in [1.29, 1.82) is 0 Å². The van der Waals surface area contributed by atoms with Gasteiger partial charge in [0.15, 0.2) is 5.82 Å². The molecule has 146 valence electrons. The minimum absolute atomic E-state index is 0.129. The molecule has 0 unspecified atom stereocenters. The molecule has 6 nitrogen and oxygen atoms in total. The Balaban J connectivity index is 1.49. The molecule has 0 aromatic carbocycles. The Morgan fingerprint density at radius 3 is 2.67 bits per heavy atom.